The first kappa shape index (κ1) is 20.4. The Morgan fingerprint density at radius 3 is 2.61 bits per heavy atom. The summed E-state index contributed by atoms with van der Waals surface area (Å²) in [4.78, 5) is 38.9. The normalized spacial score (nSPS) is 13.9. The quantitative estimate of drug-likeness (QED) is 0.614. The predicted octanol–water partition coefficient (Wildman–Crippen LogP) is 2.81. The Hall–Kier alpha value is -3.91. The molecule has 0 aliphatic carbocycles. The van der Waals surface area contributed by atoms with Gasteiger partial charge in [-0.3, -0.25) is 4.79 Å². The number of carbonyl (C=O) groups is 2. The van der Waals surface area contributed by atoms with Crippen LogP contribution in [-0.4, -0.2) is 33.2 Å². The first-order valence-electron chi connectivity index (χ1n) is 9.70. The van der Waals surface area contributed by atoms with Crippen LogP contribution in [0.2, 0.25) is 0 Å². The Bertz CT molecular complexity index is 1260. The fourth-order valence-electron chi connectivity index (χ4n) is 3.54. The average Bonchev–Trinajstić information content (AvgIpc) is 3.29. The minimum Gasteiger partial charge on any atom is -0.462 e. The largest absolute Gasteiger partial charge is 0.462 e. The number of H-pyrrole nitrogens is 1. The monoisotopic (exact) mass is 420 g/mol. The zero-order valence-electron chi connectivity index (χ0n) is 17.0. The summed E-state index contributed by atoms with van der Waals surface area (Å²) in [6.07, 6.45) is 1.64. The first-order valence-corrected chi connectivity index (χ1v) is 9.70. The number of ether oxygens (including phenoxy) is 2. The van der Waals surface area contributed by atoms with Crippen molar-refractivity contribution in [3.8, 4) is 5.69 Å². The minimum absolute atomic E-state index is 0.0314. The van der Waals surface area contributed by atoms with Crippen LogP contribution in [0.1, 0.15) is 50.3 Å². The van der Waals surface area contributed by atoms with Gasteiger partial charge in [-0.15, -0.1) is 0 Å². The van der Waals surface area contributed by atoms with Gasteiger partial charge < -0.3 is 24.1 Å². The molecule has 0 spiro atoms. The third-order valence-electron chi connectivity index (χ3n) is 4.91. The second-order valence-corrected chi connectivity index (χ2v) is 6.98. The van der Waals surface area contributed by atoms with E-state index in [0.717, 1.165) is 0 Å². The number of pyridine rings is 1. The topological polar surface area (TPSA) is 111 Å². The Kier molecular flexibility index (Phi) is 5.31. The number of esters is 2. The number of cyclic esters (lactones) is 1. The van der Waals surface area contributed by atoms with Crippen molar-refractivity contribution in [2.24, 2.45) is 0 Å². The van der Waals surface area contributed by atoms with Gasteiger partial charge in [0.05, 0.1) is 18.8 Å². The van der Waals surface area contributed by atoms with Gasteiger partial charge in [0, 0.05) is 34.4 Å². The summed E-state index contributed by atoms with van der Waals surface area (Å²) < 4.78 is 12.1. The van der Waals surface area contributed by atoms with Crippen LogP contribution in [0.3, 0.4) is 0 Å². The van der Waals surface area contributed by atoms with Gasteiger partial charge in [0.1, 0.15) is 11.3 Å². The molecule has 8 nitrogen and oxygen atoms in total. The molecule has 1 aromatic carbocycles. The number of carbonyl (C=O) groups excluding carboxylic acids is 2. The zero-order valence-corrected chi connectivity index (χ0v) is 17.0. The van der Waals surface area contributed by atoms with Crippen LogP contribution in [0.15, 0.2) is 47.3 Å². The maximum atomic E-state index is 12.2. The second-order valence-electron chi connectivity index (χ2n) is 6.98. The van der Waals surface area contributed by atoms with Crippen LogP contribution in [0.4, 0.5) is 0 Å². The number of rotatable bonds is 5. The molecule has 0 unspecified atom stereocenters. The third-order valence-corrected chi connectivity index (χ3v) is 4.91. The van der Waals surface area contributed by atoms with E-state index in [0.29, 0.717) is 33.9 Å². The van der Waals surface area contributed by atoms with Crippen molar-refractivity contribution < 1.29 is 24.2 Å². The van der Waals surface area contributed by atoms with Gasteiger partial charge in [-0.2, -0.15) is 0 Å². The van der Waals surface area contributed by atoms with Crippen molar-refractivity contribution in [3.05, 3.63) is 86.6 Å². The molecular formula is C23H20N2O6. The maximum Gasteiger partial charge on any atom is 0.349 e. The van der Waals surface area contributed by atoms with Crippen molar-refractivity contribution in [3.63, 3.8) is 0 Å². The van der Waals surface area contributed by atoms with Gasteiger partial charge >= 0.3 is 11.9 Å². The maximum absolute atomic E-state index is 12.2. The Labute approximate surface area is 177 Å². The molecule has 31 heavy (non-hydrogen) atoms. The molecule has 2 aromatic heterocycles. The molecule has 0 saturated heterocycles. The second kappa shape index (κ2) is 8.08. The lowest BCUT2D eigenvalue weighted by molar-refractivity contribution is 0.0526. The highest BCUT2D eigenvalue weighted by atomic mass is 16.5. The number of aliphatic hydroxyl groups is 1. The van der Waals surface area contributed by atoms with E-state index in [-0.39, 0.29) is 24.5 Å². The lowest BCUT2D eigenvalue weighted by Gasteiger charge is -2.12. The number of aryl methyl sites for hydroxylation is 1. The van der Waals surface area contributed by atoms with Crippen LogP contribution < -0.4 is 5.56 Å². The van der Waals surface area contributed by atoms with Gasteiger partial charge in [-0.25, -0.2) is 9.59 Å². The molecule has 0 amide bonds. The first-order chi connectivity index (χ1) is 14.9. The van der Waals surface area contributed by atoms with Crippen molar-refractivity contribution in [2.45, 2.75) is 20.5 Å². The van der Waals surface area contributed by atoms with Crippen LogP contribution >= 0.6 is 0 Å². The molecule has 0 saturated carbocycles. The van der Waals surface area contributed by atoms with Crippen molar-refractivity contribution in [1.29, 1.82) is 0 Å². The lowest BCUT2D eigenvalue weighted by Crippen LogP contribution is -2.16. The van der Waals surface area contributed by atoms with Crippen molar-refractivity contribution in [1.82, 2.24) is 9.55 Å². The molecule has 0 bridgehead atoms. The smallest absolute Gasteiger partial charge is 0.349 e. The Balaban J connectivity index is 1.78. The van der Waals surface area contributed by atoms with Gasteiger partial charge in [0.25, 0.3) is 5.56 Å². The number of nitrogens with one attached hydrogen (secondary N) is 1. The van der Waals surface area contributed by atoms with E-state index in [4.69, 9.17) is 9.47 Å². The van der Waals surface area contributed by atoms with Crippen LogP contribution in [0.5, 0.6) is 0 Å². The van der Waals surface area contributed by atoms with Crippen LogP contribution in [0.25, 0.3) is 17.5 Å². The molecule has 0 radical (unpaired) electrons. The zero-order chi connectivity index (χ0) is 22.1. The molecule has 2 N–H and O–H groups in total. The Morgan fingerprint density at radius 1 is 1.19 bits per heavy atom. The highest BCUT2D eigenvalue weighted by molar-refractivity contribution is 6.05. The number of hydrogen-bond donors (Lipinski definition) is 2. The molecule has 3 aromatic rings. The van der Waals surface area contributed by atoms with E-state index < -0.39 is 17.5 Å². The van der Waals surface area contributed by atoms with Gasteiger partial charge in [0.2, 0.25) is 0 Å². The number of aromatic amines is 1. The molecule has 0 fully saturated rings. The minimum atomic E-state index is -0.707. The van der Waals surface area contributed by atoms with E-state index in [1.807, 2.05) is 0 Å². The molecule has 158 valence electrons. The summed E-state index contributed by atoms with van der Waals surface area (Å²) in [6, 6.07) is 11.9. The molecule has 1 aliphatic heterocycles. The number of hydrogen-bond acceptors (Lipinski definition) is 6. The van der Waals surface area contributed by atoms with Crippen LogP contribution in [-0.2, 0) is 16.1 Å². The number of aromatic nitrogens is 2. The summed E-state index contributed by atoms with van der Waals surface area (Å²) in [7, 11) is 0. The van der Waals surface area contributed by atoms with Gasteiger partial charge in [0.15, 0.2) is 0 Å². The SMILES string of the molecule is CCOC(=O)c1ccc(-n2c(C=C3OC(=O)c4c3cc(C)[nH]c4=O)ccc2CO)cc1. The molecular weight excluding hydrogens is 400 g/mol. The van der Waals surface area contributed by atoms with Gasteiger partial charge in [-0.05, 0) is 56.3 Å². The number of benzene rings is 1. The molecule has 8 heteroatoms. The average molecular weight is 420 g/mol. The number of aliphatic hydroxyl groups excluding tert-OH is 1. The Morgan fingerprint density at radius 2 is 1.94 bits per heavy atom. The fraction of sp³-hybridized carbons (Fsp3) is 0.174. The standard InChI is InChI=1S/C23H20N2O6/c1-3-30-22(28)14-4-6-15(7-5-14)25-16(8-9-17(25)12-26)11-19-18-10-13(2)24-21(27)20(18)23(29)31-19/h4-11,26H,3,12H2,1-2H3,(H,24,27). The summed E-state index contributed by atoms with van der Waals surface area (Å²) in [5.41, 5.74) is 2.83. The van der Waals surface area contributed by atoms with E-state index in [1.165, 1.54) is 0 Å². The summed E-state index contributed by atoms with van der Waals surface area (Å²) >= 11 is 0. The summed E-state index contributed by atoms with van der Waals surface area (Å²) in [6.45, 7) is 3.52. The van der Waals surface area contributed by atoms with Crippen LogP contribution in [0, 0.1) is 6.92 Å². The molecule has 4 rings (SSSR count). The molecule has 0 atom stereocenters. The lowest BCUT2D eigenvalue weighted by atomic mass is 10.1. The fourth-order valence-corrected chi connectivity index (χ4v) is 3.54. The van der Waals surface area contributed by atoms with E-state index in [9.17, 15) is 19.5 Å². The highest BCUT2D eigenvalue weighted by Crippen LogP contribution is 2.31. The highest BCUT2D eigenvalue weighted by Gasteiger charge is 2.30. The molecule has 3 heterocycles. The predicted molar refractivity (Wildman–Crippen MR) is 113 cm³/mol. The van der Waals surface area contributed by atoms with E-state index >= 15 is 0 Å². The van der Waals surface area contributed by atoms with E-state index in [1.54, 1.807) is 67.0 Å². The van der Waals surface area contributed by atoms with Crippen molar-refractivity contribution >= 4 is 23.8 Å². The number of nitrogens with zero attached hydrogens (tertiary/aromatic N) is 1. The van der Waals surface area contributed by atoms with E-state index in [2.05, 4.69) is 4.98 Å². The summed E-state index contributed by atoms with van der Waals surface area (Å²) in [5, 5.41) is 9.79. The third kappa shape index (κ3) is 3.69. The molecule has 1 aliphatic rings. The number of fused-ring (bicyclic) bond motifs is 1. The van der Waals surface area contributed by atoms with Crippen molar-refractivity contribution in [2.75, 3.05) is 6.61 Å². The summed E-state index contributed by atoms with van der Waals surface area (Å²) in [5.74, 6) is -0.871. The van der Waals surface area contributed by atoms with Gasteiger partial charge in [-0.1, -0.05) is 0 Å².